The van der Waals surface area contributed by atoms with E-state index in [1.807, 2.05) is 0 Å². The van der Waals surface area contributed by atoms with E-state index in [4.69, 9.17) is 18.8 Å². The van der Waals surface area contributed by atoms with E-state index < -0.39 is 0 Å². The molecule has 1 aliphatic carbocycles. The lowest BCUT2D eigenvalue weighted by Crippen LogP contribution is -2.44. The molecule has 5 heteroatoms. The van der Waals surface area contributed by atoms with Gasteiger partial charge in [0.05, 0.1) is 24.4 Å². The molecule has 20 heavy (non-hydrogen) atoms. The fourth-order valence-electron chi connectivity index (χ4n) is 3.25. The van der Waals surface area contributed by atoms with Crippen LogP contribution in [0, 0.1) is 0 Å². The van der Waals surface area contributed by atoms with E-state index >= 15 is 0 Å². The van der Waals surface area contributed by atoms with Crippen LogP contribution in [-0.2, 0) is 18.8 Å². The number of allylic oxidation sites excluding steroid dienone is 1. The SMILES string of the molecule is CCC1(C)OB(C2=CCC3(CC2)OCCO3)OC1(C)C. The second kappa shape index (κ2) is 4.84. The second-order valence-corrected chi connectivity index (χ2v) is 6.75. The van der Waals surface area contributed by atoms with Gasteiger partial charge in [0, 0.05) is 12.8 Å². The molecule has 4 nitrogen and oxygen atoms in total. The number of ether oxygens (including phenoxy) is 2. The molecule has 2 fully saturated rings. The Morgan fingerprint density at radius 2 is 1.85 bits per heavy atom. The molecule has 3 aliphatic rings. The zero-order valence-corrected chi connectivity index (χ0v) is 13.0. The normalized spacial score (nSPS) is 35.6. The highest BCUT2D eigenvalue weighted by molar-refractivity contribution is 6.54. The van der Waals surface area contributed by atoms with Crippen LogP contribution in [-0.4, -0.2) is 37.3 Å². The summed E-state index contributed by atoms with van der Waals surface area (Å²) in [7, 11) is -0.214. The first-order valence-corrected chi connectivity index (χ1v) is 7.72. The van der Waals surface area contributed by atoms with Gasteiger partial charge in [-0.3, -0.25) is 0 Å². The van der Waals surface area contributed by atoms with Gasteiger partial charge in [0.1, 0.15) is 0 Å². The maximum absolute atomic E-state index is 6.23. The predicted octanol–water partition coefficient (Wildman–Crippen LogP) is 2.86. The van der Waals surface area contributed by atoms with Gasteiger partial charge in [0.15, 0.2) is 5.79 Å². The Balaban J connectivity index is 1.71. The fraction of sp³-hybridized carbons (Fsp3) is 0.867. The van der Waals surface area contributed by atoms with Gasteiger partial charge < -0.3 is 18.8 Å². The molecule has 0 amide bonds. The third-order valence-corrected chi connectivity index (χ3v) is 5.30. The van der Waals surface area contributed by atoms with Crippen LogP contribution < -0.4 is 0 Å². The highest BCUT2D eigenvalue weighted by Crippen LogP contribution is 2.44. The average Bonchev–Trinajstić information content (AvgIpc) is 2.95. The first-order valence-electron chi connectivity index (χ1n) is 7.72. The van der Waals surface area contributed by atoms with Crippen molar-refractivity contribution in [2.75, 3.05) is 13.2 Å². The molecule has 2 saturated heterocycles. The molecule has 2 heterocycles. The van der Waals surface area contributed by atoms with E-state index in [-0.39, 0.29) is 24.1 Å². The molecule has 0 N–H and O–H groups in total. The summed E-state index contributed by atoms with van der Waals surface area (Å²) < 4.78 is 23.9. The van der Waals surface area contributed by atoms with Crippen molar-refractivity contribution >= 4 is 7.12 Å². The Morgan fingerprint density at radius 3 is 2.35 bits per heavy atom. The van der Waals surface area contributed by atoms with E-state index in [1.54, 1.807) is 0 Å². The Kier molecular flexibility index (Phi) is 3.52. The molecule has 0 aromatic heterocycles. The van der Waals surface area contributed by atoms with Gasteiger partial charge in [0.2, 0.25) is 0 Å². The maximum Gasteiger partial charge on any atom is 0.490 e. The standard InChI is InChI=1S/C15H25BO4/c1-5-14(4)13(2,3)19-16(20-14)12-6-8-15(9-7-12)17-10-11-18-15/h6H,5,7-11H2,1-4H3. The first-order chi connectivity index (χ1) is 9.40. The molecule has 1 atom stereocenters. The van der Waals surface area contributed by atoms with Crippen LogP contribution in [0.4, 0.5) is 0 Å². The fourth-order valence-corrected chi connectivity index (χ4v) is 3.25. The van der Waals surface area contributed by atoms with Gasteiger partial charge in [-0.15, -0.1) is 0 Å². The molecule has 0 aromatic carbocycles. The van der Waals surface area contributed by atoms with Crippen molar-refractivity contribution in [2.45, 2.75) is 70.4 Å². The summed E-state index contributed by atoms with van der Waals surface area (Å²) in [5.41, 5.74) is 0.747. The van der Waals surface area contributed by atoms with E-state index in [0.29, 0.717) is 13.2 Å². The minimum atomic E-state index is -0.369. The van der Waals surface area contributed by atoms with Crippen molar-refractivity contribution in [3.05, 3.63) is 11.5 Å². The van der Waals surface area contributed by atoms with Crippen molar-refractivity contribution in [3.8, 4) is 0 Å². The molecular weight excluding hydrogens is 255 g/mol. The largest absolute Gasteiger partial charge is 0.490 e. The molecule has 0 aromatic rings. The van der Waals surface area contributed by atoms with Crippen molar-refractivity contribution < 1.29 is 18.8 Å². The Bertz CT molecular complexity index is 414. The molecule has 1 spiro atoms. The Labute approximate surface area is 121 Å². The summed E-state index contributed by atoms with van der Waals surface area (Å²) in [5.74, 6) is -0.369. The van der Waals surface area contributed by atoms with Gasteiger partial charge in [-0.25, -0.2) is 0 Å². The summed E-state index contributed by atoms with van der Waals surface area (Å²) in [6.45, 7) is 9.94. The van der Waals surface area contributed by atoms with E-state index in [0.717, 1.165) is 25.7 Å². The number of rotatable bonds is 2. The van der Waals surface area contributed by atoms with E-state index in [1.165, 1.54) is 5.47 Å². The Morgan fingerprint density at radius 1 is 1.15 bits per heavy atom. The number of hydrogen-bond acceptors (Lipinski definition) is 4. The van der Waals surface area contributed by atoms with Crippen LogP contribution in [0.15, 0.2) is 11.5 Å². The Hall–Kier alpha value is -0.355. The van der Waals surface area contributed by atoms with Crippen molar-refractivity contribution in [1.82, 2.24) is 0 Å². The zero-order chi connectivity index (χ0) is 14.4. The molecule has 112 valence electrons. The summed E-state index contributed by atoms with van der Waals surface area (Å²) in [6, 6.07) is 0. The highest BCUT2D eigenvalue weighted by Gasteiger charge is 2.54. The smallest absolute Gasteiger partial charge is 0.400 e. The first kappa shape index (κ1) is 14.6. The number of hydrogen-bond donors (Lipinski definition) is 0. The third kappa shape index (κ3) is 2.25. The predicted molar refractivity (Wildman–Crippen MR) is 77.3 cm³/mol. The molecule has 2 aliphatic heterocycles. The molecule has 3 rings (SSSR count). The van der Waals surface area contributed by atoms with Crippen LogP contribution in [0.2, 0.25) is 0 Å². The van der Waals surface area contributed by atoms with Gasteiger partial charge in [-0.2, -0.15) is 0 Å². The van der Waals surface area contributed by atoms with Gasteiger partial charge in [-0.05, 0) is 39.1 Å². The van der Waals surface area contributed by atoms with Crippen LogP contribution in [0.3, 0.4) is 0 Å². The summed E-state index contributed by atoms with van der Waals surface area (Å²) in [4.78, 5) is 0. The average molecular weight is 280 g/mol. The quantitative estimate of drug-likeness (QED) is 0.729. The summed E-state index contributed by atoms with van der Waals surface area (Å²) >= 11 is 0. The third-order valence-electron chi connectivity index (χ3n) is 5.30. The molecule has 0 bridgehead atoms. The van der Waals surface area contributed by atoms with E-state index in [2.05, 4.69) is 33.8 Å². The summed E-state index contributed by atoms with van der Waals surface area (Å²) in [5, 5.41) is 0. The lowest BCUT2D eigenvalue weighted by molar-refractivity contribution is -0.161. The minimum Gasteiger partial charge on any atom is -0.400 e. The van der Waals surface area contributed by atoms with E-state index in [9.17, 15) is 0 Å². The van der Waals surface area contributed by atoms with Gasteiger partial charge in [0.25, 0.3) is 0 Å². The van der Waals surface area contributed by atoms with Crippen molar-refractivity contribution in [2.24, 2.45) is 0 Å². The summed E-state index contributed by atoms with van der Waals surface area (Å²) in [6.07, 6.45) is 5.75. The monoisotopic (exact) mass is 280 g/mol. The lowest BCUT2D eigenvalue weighted by atomic mass is 9.71. The van der Waals surface area contributed by atoms with Crippen molar-refractivity contribution in [3.63, 3.8) is 0 Å². The van der Waals surface area contributed by atoms with Gasteiger partial charge >= 0.3 is 7.12 Å². The van der Waals surface area contributed by atoms with Gasteiger partial charge in [-0.1, -0.05) is 13.0 Å². The maximum atomic E-state index is 6.23. The van der Waals surface area contributed by atoms with Crippen LogP contribution in [0.5, 0.6) is 0 Å². The topological polar surface area (TPSA) is 36.9 Å². The molecule has 0 saturated carbocycles. The highest BCUT2D eigenvalue weighted by atomic mass is 16.7. The van der Waals surface area contributed by atoms with Crippen molar-refractivity contribution in [1.29, 1.82) is 0 Å². The molecule has 1 unspecified atom stereocenters. The lowest BCUT2D eigenvalue weighted by Gasteiger charge is -2.35. The van der Waals surface area contributed by atoms with Crippen LogP contribution in [0.1, 0.15) is 53.4 Å². The minimum absolute atomic E-state index is 0.214. The van der Waals surface area contributed by atoms with Crippen LogP contribution >= 0.6 is 0 Å². The molecular formula is C15H25BO4. The second-order valence-electron chi connectivity index (χ2n) is 6.75. The molecule has 0 radical (unpaired) electrons. The van der Waals surface area contributed by atoms with Crippen LogP contribution in [0.25, 0.3) is 0 Å². The zero-order valence-electron chi connectivity index (χ0n) is 13.0.